The van der Waals surface area contributed by atoms with Crippen LogP contribution >= 0.6 is 46.4 Å². The Balaban J connectivity index is 1.43. The van der Waals surface area contributed by atoms with Gasteiger partial charge in [-0.05, 0) is 24.0 Å². The van der Waals surface area contributed by atoms with Crippen molar-refractivity contribution >= 4 is 46.4 Å². The summed E-state index contributed by atoms with van der Waals surface area (Å²) in [5.74, 6) is 0.490. The van der Waals surface area contributed by atoms with Crippen molar-refractivity contribution in [2.45, 2.75) is 34.7 Å². The maximum atomic E-state index is 5.99. The normalized spacial score (nSPS) is 27.6. The molecular formula is C16H18Cl4O2. The molecule has 2 aliphatic carbocycles. The standard InChI is InChI=1S/C16H18Cl4O2/c17-15(18)5-13(15)9-21-7-11-3-1-2-4-12(11)8-22-10-14-6-16(14,19)20/h1-4,13-14H,5-10H2. The summed E-state index contributed by atoms with van der Waals surface area (Å²) in [6, 6.07) is 8.09. The molecule has 2 fully saturated rings. The Bertz CT molecular complexity index is 486. The van der Waals surface area contributed by atoms with Gasteiger partial charge in [-0.2, -0.15) is 0 Å². The molecule has 2 saturated carbocycles. The van der Waals surface area contributed by atoms with E-state index in [4.69, 9.17) is 55.9 Å². The quantitative estimate of drug-likeness (QED) is 0.581. The van der Waals surface area contributed by atoms with Crippen LogP contribution in [0.15, 0.2) is 24.3 Å². The van der Waals surface area contributed by atoms with Crippen LogP contribution in [-0.2, 0) is 22.7 Å². The Kier molecular flexibility index (Phi) is 5.19. The second kappa shape index (κ2) is 6.66. The fraction of sp³-hybridized carbons (Fsp3) is 0.625. The molecule has 0 spiro atoms. The van der Waals surface area contributed by atoms with Crippen molar-refractivity contribution in [1.82, 2.24) is 0 Å². The van der Waals surface area contributed by atoms with E-state index in [2.05, 4.69) is 0 Å². The summed E-state index contributed by atoms with van der Waals surface area (Å²) >= 11 is 24.0. The van der Waals surface area contributed by atoms with Crippen molar-refractivity contribution in [3.05, 3.63) is 35.4 Å². The van der Waals surface area contributed by atoms with Crippen molar-refractivity contribution < 1.29 is 9.47 Å². The average Bonchev–Trinajstić information content (AvgIpc) is 3.27. The minimum Gasteiger partial charge on any atom is -0.376 e. The van der Waals surface area contributed by atoms with Crippen LogP contribution < -0.4 is 0 Å². The van der Waals surface area contributed by atoms with Gasteiger partial charge in [-0.3, -0.25) is 0 Å². The fourth-order valence-electron chi connectivity index (χ4n) is 2.36. The van der Waals surface area contributed by atoms with Gasteiger partial charge in [0.25, 0.3) is 0 Å². The van der Waals surface area contributed by atoms with Gasteiger partial charge >= 0.3 is 0 Å². The molecule has 0 N–H and O–H groups in total. The molecule has 22 heavy (non-hydrogen) atoms. The summed E-state index contributed by atoms with van der Waals surface area (Å²) < 4.78 is 10.3. The van der Waals surface area contributed by atoms with Gasteiger partial charge in [0.05, 0.1) is 26.4 Å². The number of ether oxygens (including phenoxy) is 2. The van der Waals surface area contributed by atoms with Gasteiger partial charge in [0.2, 0.25) is 0 Å². The van der Waals surface area contributed by atoms with Gasteiger partial charge < -0.3 is 9.47 Å². The summed E-state index contributed by atoms with van der Waals surface area (Å²) in [7, 11) is 0. The van der Waals surface area contributed by atoms with Crippen LogP contribution in [0.4, 0.5) is 0 Å². The maximum Gasteiger partial charge on any atom is 0.123 e. The van der Waals surface area contributed by atoms with Crippen molar-refractivity contribution in [2.24, 2.45) is 11.8 Å². The highest BCUT2D eigenvalue weighted by Gasteiger charge is 2.52. The van der Waals surface area contributed by atoms with Crippen LogP contribution in [0.2, 0.25) is 0 Å². The molecule has 122 valence electrons. The first-order chi connectivity index (χ1) is 10.4. The van der Waals surface area contributed by atoms with Crippen LogP contribution in [-0.4, -0.2) is 21.9 Å². The lowest BCUT2D eigenvalue weighted by atomic mass is 10.1. The average molecular weight is 384 g/mol. The van der Waals surface area contributed by atoms with E-state index in [-0.39, 0.29) is 11.8 Å². The summed E-state index contributed by atoms with van der Waals surface area (Å²) in [4.78, 5) is 0. The third-order valence-corrected chi connectivity index (χ3v) is 6.03. The number of rotatable bonds is 8. The Morgan fingerprint density at radius 1 is 0.818 bits per heavy atom. The highest BCUT2D eigenvalue weighted by atomic mass is 35.5. The van der Waals surface area contributed by atoms with E-state index in [0.29, 0.717) is 26.4 Å². The van der Waals surface area contributed by atoms with Crippen LogP contribution in [0, 0.1) is 11.8 Å². The first kappa shape index (κ1) is 17.1. The molecule has 1 aromatic carbocycles. The molecular weight excluding hydrogens is 366 g/mol. The summed E-state index contributed by atoms with van der Waals surface area (Å²) in [5, 5.41) is 0. The van der Waals surface area contributed by atoms with E-state index >= 15 is 0 Å². The van der Waals surface area contributed by atoms with Crippen molar-refractivity contribution in [1.29, 1.82) is 0 Å². The van der Waals surface area contributed by atoms with E-state index in [0.717, 1.165) is 24.0 Å². The van der Waals surface area contributed by atoms with Gasteiger partial charge in [0.15, 0.2) is 0 Å². The van der Waals surface area contributed by atoms with Gasteiger partial charge in [-0.25, -0.2) is 0 Å². The van der Waals surface area contributed by atoms with Gasteiger partial charge in [0, 0.05) is 11.8 Å². The Hall–Kier alpha value is 0.300. The topological polar surface area (TPSA) is 18.5 Å². The van der Waals surface area contributed by atoms with E-state index in [1.54, 1.807) is 0 Å². The molecule has 0 bridgehead atoms. The lowest BCUT2D eigenvalue weighted by Crippen LogP contribution is -2.06. The lowest BCUT2D eigenvalue weighted by molar-refractivity contribution is 0.0974. The largest absolute Gasteiger partial charge is 0.376 e. The number of hydrogen-bond acceptors (Lipinski definition) is 2. The Labute approximate surface area is 151 Å². The molecule has 0 aliphatic heterocycles. The minimum atomic E-state index is -0.581. The fourth-order valence-corrected chi connectivity index (χ4v) is 3.36. The zero-order chi connectivity index (χ0) is 15.8. The second-order valence-electron chi connectivity index (χ2n) is 6.12. The zero-order valence-corrected chi connectivity index (χ0v) is 15.1. The number of hydrogen-bond donors (Lipinski definition) is 0. The summed E-state index contributed by atoms with van der Waals surface area (Å²) in [5.41, 5.74) is 2.24. The minimum absolute atomic E-state index is 0.245. The van der Waals surface area contributed by atoms with Crippen LogP contribution in [0.5, 0.6) is 0 Å². The molecule has 0 saturated heterocycles. The van der Waals surface area contributed by atoms with E-state index in [1.165, 1.54) is 0 Å². The third kappa shape index (κ3) is 4.43. The number of benzene rings is 1. The second-order valence-corrected chi connectivity index (χ2v) is 9.21. The van der Waals surface area contributed by atoms with Crippen LogP contribution in [0.25, 0.3) is 0 Å². The smallest absolute Gasteiger partial charge is 0.123 e. The first-order valence-electron chi connectivity index (χ1n) is 7.36. The number of alkyl halides is 4. The van der Waals surface area contributed by atoms with E-state index < -0.39 is 8.67 Å². The predicted molar refractivity (Wildman–Crippen MR) is 90.8 cm³/mol. The van der Waals surface area contributed by atoms with Crippen molar-refractivity contribution in [3.63, 3.8) is 0 Å². The highest BCUT2D eigenvalue weighted by molar-refractivity contribution is 6.51. The molecule has 0 radical (unpaired) electrons. The molecule has 2 atom stereocenters. The predicted octanol–water partition coefficient (Wildman–Crippen LogP) is 5.11. The molecule has 1 aromatic rings. The Morgan fingerprint density at radius 2 is 1.18 bits per heavy atom. The highest BCUT2D eigenvalue weighted by Crippen LogP contribution is 2.53. The molecule has 2 nitrogen and oxygen atoms in total. The van der Waals surface area contributed by atoms with Gasteiger partial charge in [-0.15, -0.1) is 46.4 Å². The number of halogens is 4. The molecule has 0 heterocycles. The van der Waals surface area contributed by atoms with Crippen molar-refractivity contribution in [3.8, 4) is 0 Å². The molecule has 0 amide bonds. The van der Waals surface area contributed by atoms with Crippen LogP contribution in [0.1, 0.15) is 24.0 Å². The van der Waals surface area contributed by atoms with Crippen LogP contribution in [0.3, 0.4) is 0 Å². The SMILES string of the molecule is ClC1(Cl)CC1COCc1ccccc1COCC1CC1(Cl)Cl. The summed E-state index contributed by atoms with van der Waals surface area (Å²) in [6.07, 6.45) is 1.61. The molecule has 2 unspecified atom stereocenters. The van der Waals surface area contributed by atoms with Gasteiger partial charge in [-0.1, -0.05) is 24.3 Å². The molecule has 6 heteroatoms. The molecule has 2 aliphatic rings. The lowest BCUT2D eigenvalue weighted by Gasteiger charge is -2.11. The van der Waals surface area contributed by atoms with E-state index in [9.17, 15) is 0 Å². The molecule has 0 aromatic heterocycles. The maximum absolute atomic E-state index is 5.99. The summed E-state index contributed by atoms with van der Waals surface area (Å²) in [6.45, 7) is 2.26. The first-order valence-corrected chi connectivity index (χ1v) is 8.87. The van der Waals surface area contributed by atoms with Crippen molar-refractivity contribution in [2.75, 3.05) is 13.2 Å². The van der Waals surface area contributed by atoms with E-state index in [1.807, 2.05) is 24.3 Å². The monoisotopic (exact) mass is 382 g/mol. The van der Waals surface area contributed by atoms with Gasteiger partial charge in [0.1, 0.15) is 8.67 Å². The Morgan fingerprint density at radius 3 is 1.50 bits per heavy atom. The molecule has 3 rings (SSSR count). The zero-order valence-electron chi connectivity index (χ0n) is 12.0. The third-order valence-electron chi connectivity index (χ3n) is 4.18.